The van der Waals surface area contributed by atoms with Crippen molar-refractivity contribution in [2.24, 2.45) is 0 Å². The van der Waals surface area contributed by atoms with Gasteiger partial charge in [-0.3, -0.25) is 4.79 Å². The van der Waals surface area contributed by atoms with Gasteiger partial charge in [-0.1, -0.05) is 6.07 Å². The highest BCUT2D eigenvalue weighted by Gasteiger charge is 2.12. The molecule has 2 aromatic rings. The highest BCUT2D eigenvalue weighted by atomic mass is 16.5. The fraction of sp³-hybridized carbons (Fsp3) is 0.222. The average Bonchev–Trinajstić information content (AvgIpc) is 2.56. The zero-order chi connectivity index (χ0) is 16.8. The van der Waals surface area contributed by atoms with Crippen LogP contribution in [0.5, 0.6) is 11.5 Å². The molecular weight excluding hydrogens is 292 g/mol. The number of carbonyl (C=O) groups is 1. The minimum absolute atomic E-state index is 0.157. The van der Waals surface area contributed by atoms with Crippen molar-refractivity contribution in [1.82, 2.24) is 0 Å². The van der Waals surface area contributed by atoms with Crippen molar-refractivity contribution in [3.05, 3.63) is 53.1 Å². The third kappa shape index (κ3) is 4.01. The number of nitrogens with one attached hydrogen (secondary N) is 1. The van der Waals surface area contributed by atoms with E-state index in [2.05, 4.69) is 5.32 Å². The van der Waals surface area contributed by atoms with Crippen molar-refractivity contribution in [1.29, 1.82) is 5.26 Å². The van der Waals surface area contributed by atoms with Crippen LogP contribution < -0.4 is 14.8 Å². The lowest BCUT2D eigenvalue weighted by Crippen LogP contribution is -2.15. The van der Waals surface area contributed by atoms with Gasteiger partial charge in [-0.05, 0) is 48.4 Å². The quantitative estimate of drug-likeness (QED) is 0.921. The molecule has 0 aliphatic heterocycles. The number of benzene rings is 2. The molecule has 0 aliphatic rings. The number of carbonyl (C=O) groups excluding carboxylic acids is 1. The lowest BCUT2D eigenvalue weighted by Gasteiger charge is -2.13. The number of ether oxygens (including phenoxy) is 2. The van der Waals surface area contributed by atoms with Crippen molar-refractivity contribution in [3.8, 4) is 17.6 Å². The Morgan fingerprint density at radius 1 is 1.17 bits per heavy atom. The molecule has 0 bridgehead atoms. The van der Waals surface area contributed by atoms with Crippen molar-refractivity contribution in [3.63, 3.8) is 0 Å². The number of rotatable bonds is 5. The molecule has 0 saturated carbocycles. The number of anilines is 1. The Morgan fingerprint density at radius 3 is 2.52 bits per heavy atom. The van der Waals surface area contributed by atoms with E-state index in [0.717, 1.165) is 11.1 Å². The van der Waals surface area contributed by atoms with Gasteiger partial charge in [0.2, 0.25) is 5.91 Å². The highest BCUT2D eigenvalue weighted by Crippen LogP contribution is 2.30. The van der Waals surface area contributed by atoms with Crippen LogP contribution in [-0.4, -0.2) is 20.1 Å². The van der Waals surface area contributed by atoms with Crippen LogP contribution in [0.2, 0.25) is 0 Å². The monoisotopic (exact) mass is 310 g/mol. The van der Waals surface area contributed by atoms with Crippen LogP contribution in [0, 0.1) is 18.3 Å². The maximum atomic E-state index is 12.2. The Morgan fingerprint density at radius 2 is 1.87 bits per heavy atom. The molecule has 1 N–H and O–H groups in total. The molecular formula is C18H18N2O3. The summed E-state index contributed by atoms with van der Waals surface area (Å²) in [6.45, 7) is 1.92. The molecule has 23 heavy (non-hydrogen) atoms. The van der Waals surface area contributed by atoms with E-state index in [4.69, 9.17) is 14.7 Å². The molecule has 118 valence electrons. The standard InChI is InChI=1S/C18H18N2O3/c1-12-7-16(22-2)17(23-3)9-14(12)10-18(21)20-15-6-4-5-13(8-15)11-19/h4-9H,10H2,1-3H3,(H,20,21). The van der Waals surface area contributed by atoms with Crippen LogP contribution in [-0.2, 0) is 11.2 Å². The summed E-state index contributed by atoms with van der Waals surface area (Å²) in [5.41, 5.74) is 2.91. The largest absolute Gasteiger partial charge is 0.493 e. The summed E-state index contributed by atoms with van der Waals surface area (Å²) in [6.07, 6.45) is 0.211. The topological polar surface area (TPSA) is 71.3 Å². The SMILES string of the molecule is COc1cc(C)c(CC(=O)Nc2cccc(C#N)c2)cc1OC. The summed E-state index contributed by atoms with van der Waals surface area (Å²) in [7, 11) is 3.14. The molecule has 0 unspecified atom stereocenters. The van der Waals surface area contributed by atoms with Crippen LogP contribution in [0.4, 0.5) is 5.69 Å². The van der Waals surface area contributed by atoms with Crippen LogP contribution >= 0.6 is 0 Å². The number of nitrogens with zero attached hydrogens (tertiary/aromatic N) is 1. The van der Waals surface area contributed by atoms with Gasteiger partial charge in [-0.25, -0.2) is 0 Å². The average molecular weight is 310 g/mol. The first-order chi connectivity index (χ1) is 11.1. The van der Waals surface area contributed by atoms with E-state index in [1.165, 1.54) is 0 Å². The van der Waals surface area contributed by atoms with Gasteiger partial charge >= 0.3 is 0 Å². The minimum atomic E-state index is -0.157. The predicted octanol–water partition coefficient (Wildman–Crippen LogP) is 3.07. The Hall–Kier alpha value is -3.00. The van der Waals surface area contributed by atoms with Gasteiger partial charge in [0.15, 0.2) is 11.5 Å². The van der Waals surface area contributed by atoms with E-state index in [9.17, 15) is 4.79 Å². The molecule has 1 amide bonds. The van der Waals surface area contributed by atoms with Crippen LogP contribution in [0.15, 0.2) is 36.4 Å². The number of amides is 1. The minimum Gasteiger partial charge on any atom is -0.493 e. The van der Waals surface area contributed by atoms with Crippen molar-refractivity contribution < 1.29 is 14.3 Å². The summed E-state index contributed by atoms with van der Waals surface area (Å²) in [6, 6.07) is 12.5. The Bertz CT molecular complexity index is 763. The highest BCUT2D eigenvalue weighted by molar-refractivity contribution is 5.92. The van der Waals surface area contributed by atoms with Gasteiger partial charge < -0.3 is 14.8 Å². The zero-order valence-corrected chi connectivity index (χ0v) is 13.3. The number of aryl methyl sites for hydroxylation is 1. The van der Waals surface area contributed by atoms with E-state index in [-0.39, 0.29) is 12.3 Å². The van der Waals surface area contributed by atoms with E-state index in [0.29, 0.717) is 22.7 Å². The molecule has 0 atom stereocenters. The summed E-state index contributed by atoms with van der Waals surface area (Å²) >= 11 is 0. The van der Waals surface area contributed by atoms with E-state index >= 15 is 0 Å². The summed E-state index contributed by atoms with van der Waals surface area (Å²) in [5.74, 6) is 1.07. The molecule has 0 saturated heterocycles. The predicted molar refractivity (Wildman–Crippen MR) is 87.8 cm³/mol. The van der Waals surface area contributed by atoms with Gasteiger partial charge in [-0.2, -0.15) is 5.26 Å². The van der Waals surface area contributed by atoms with Gasteiger partial charge in [0, 0.05) is 5.69 Å². The Balaban J connectivity index is 2.15. The second-order valence-electron chi connectivity index (χ2n) is 5.05. The molecule has 5 nitrogen and oxygen atoms in total. The Labute approximate surface area is 135 Å². The first kappa shape index (κ1) is 16.4. The van der Waals surface area contributed by atoms with Crippen molar-refractivity contribution in [2.45, 2.75) is 13.3 Å². The van der Waals surface area contributed by atoms with E-state index in [1.807, 2.05) is 19.1 Å². The van der Waals surface area contributed by atoms with Gasteiger partial charge in [-0.15, -0.1) is 0 Å². The lowest BCUT2D eigenvalue weighted by atomic mass is 10.0. The maximum Gasteiger partial charge on any atom is 0.228 e. The first-order valence-electron chi connectivity index (χ1n) is 7.09. The van der Waals surface area contributed by atoms with Gasteiger partial charge in [0.05, 0.1) is 32.3 Å². The molecule has 2 rings (SSSR count). The molecule has 0 spiro atoms. The van der Waals surface area contributed by atoms with E-state index in [1.54, 1.807) is 44.6 Å². The van der Waals surface area contributed by atoms with Gasteiger partial charge in [0.1, 0.15) is 0 Å². The zero-order valence-electron chi connectivity index (χ0n) is 13.3. The summed E-state index contributed by atoms with van der Waals surface area (Å²) in [5, 5.41) is 11.7. The normalized spacial score (nSPS) is 9.83. The molecule has 0 radical (unpaired) electrons. The second-order valence-corrected chi connectivity index (χ2v) is 5.05. The Kier molecular flexibility index (Phi) is 5.21. The summed E-state index contributed by atoms with van der Waals surface area (Å²) < 4.78 is 10.5. The maximum absolute atomic E-state index is 12.2. The molecule has 0 aliphatic carbocycles. The summed E-state index contributed by atoms with van der Waals surface area (Å²) in [4.78, 5) is 12.2. The molecule has 5 heteroatoms. The van der Waals surface area contributed by atoms with Crippen LogP contribution in [0.1, 0.15) is 16.7 Å². The second kappa shape index (κ2) is 7.32. The fourth-order valence-corrected chi connectivity index (χ4v) is 2.26. The molecule has 0 fully saturated rings. The number of methoxy groups -OCH3 is 2. The fourth-order valence-electron chi connectivity index (χ4n) is 2.26. The van der Waals surface area contributed by atoms with Crippen molar-refractivity contribution >= 4 is 11.6 Å². The van der Waals surface area contributed by atoms with Gasteiger partial charge in [0.25, 0.3) is 0 Å². The third-order valence-corrected chi connectivity index (χ3v) is 3.47. The number of nitriles is 1. The number of hydrogen-bond donors (Lipinski definition) is 1. The molecule has 0 heterocycles. The first-order valence-corrected chi connectivity index (χ1v) is 7.09. The third-order valence-electron chi connectivity index (χ3n) is 3.47. The molecule has 0 aromatic heterocycles. The number of hydrogen-bond acceptors (Lipinski definition) is 4. The van der Waals surface area contributed by atoms with Crippen molar-refractivity contribution in [2.75, 3.05) is 19.5 Å². The van der Waals surface area contributed by atoms with E-state index < -0.39 is 0 Å². The van der Waals surface area contributed by atoms with Crippen LogP contribution in [0.25, 0.3) is 0 Å². The lowest BCUT2D eigenvalue weighted by molar-refractivity contribution is -0.115. The molecule has 2 aromatic carbocycles. The smallest absolute Gasteiger partial charge is 0.228 e. The van der Waals surface area contributed by atoms with Crippen LogP contribution in [0.3, 0.4) is 0 Å².